The third-order valence-corrected chi connectivity index (χ3v) is 4.15. The Balaban J connectivity index is 0.000000980. The van der Waals surface area contributed by atoms with Crippen molar-refractivity contribution in [3.8, 4) is 0 Å². The van der Waals surface area contributed by atoms with Crippen LogP contribution in [0.2, 0.25) is 0 Å². The van der Waals surface area contributed by atoms with Gasteiger partial charge in [0.05, 0.1) is 11.4 Å². The summed E-state index contributed by atoms with van der Waals surface area (Å²) in [5.41, 5.74) is 3.42. The number of rotatable bonds is 2. The summed E-state index contributed by atoms with van der Waals surface area (Å²) in [6, 6.07) is 5.82. The van der Waals surface area contributed by atoms with Crippen LogP contribution in [0, 0.1) is 0 Å². The molecular formula is C19H13Cl3N5V. The Bertz CT molecular complexity index is 914. The molecule has 0 aromatic carbocycles. The van der Waals surface area contributed by atoms with Gasteiger partial charge in [-0.3, -0.25) is 9.98 Å². The van der Waals surface area contributed by atoms with Gasteiger partial charge in [-0.15, -0.1) is 0 Å². The number of fused-ring (bicyclic) bond motifs is 2. The first kappa shape index (κ1) is 24.3. The van der Waals surface area contributed by atoms with Crippen molar-refractivity contribution in [3.05, 3.63) is 78.2 Å². The molecule has 2 unspecified atom stereocenters. The van der Waals surface area contributed by atoms with Crippen molar-refractivity contribution >= 4 is 23.1 Å². The summed E-state index contributed by atoms with van der Waals surface area (Å²) in [5, 5.41) is 0. The summed E-state index contributed by atoms with van der Waals surface area (Å²) >= 11 is 0. The molecule has 140 valence electrons. The van der Waals surface area contributed by atoms with Crippen LogP contribution in [0.25, 0.3) is 0 Å². The Hall–Kier alpha value is -1.76. The smallest absolute Gasteiger partial charge is 1.00 e. The first-order chi connectivity index (χ1) is 11.9. The van der Waals surface area contributed by atoms with E-state index in [0.29, 0.717) is 11.7 Å². The number of allylic oxidation sites excluding steroid dienone is 4. The van der Waals surface area contributed by atoms with E-state index in [9.17, 15) is 0 Å². The monoisotopic (exact) mass is 467 g/mol. The van der Waals surface area contributed by atoms with E-state index < -0.39 is 0 Å². The van der Waals surface area contributed by atoms with E-state index in [2.05, 4.69) is 25.0 Å². The average Bonchev–Trinajstić information content (AvgIpc) is 3.26. The Morgan fingerprint density at radius 3 is 1.54 bits per heavy atom. The summed E-state index contributed by atoms with van der Waals surface area (Å²) in [6.07, 6.45) is 16.0. The van der Waals surface area contributed by atoms with Crippen molar-refractivity contribution in [2.24, 2.45) is 20.0 Å². The van der Waals surface area contributed by atoms with Crippen LogP contribution < -0.4 is 37.2 Å². The maximum Gasteiger partial charge on any atom is 3.00 e. The molecule has 0 bridgehead atoms. The molecule has 3 heterocycles. The molecule has 28 heavy (non-hydrogen) atoms. The van der Waals surface area contributed by atoms with Gasteiger partial charge in [0.15, 0.2) is 11.7 Å². The Morgan fingerprint density at radius 2 is 1.11 bits per heavy atom. The van der Waals surface area contributed by atoms with Gasteiger partial charge in [0.1, 0.15) is 23.5 Å². The molecule has 0 saturated carbocycles. The zero-order valence-electron chi connectivity index (χ0n) is 14.3. The van der Waals surface area contributed by atoms with Crippen LogP contribution in [0.15, 0.2) is 86.8 Å². The maximum atomic E-state index is 4.68. The summed E-state index contributed by atoms with van der Waals surface area (Å²) < 4.78 is 0. The molecule has 2 aliphatic heterocycles. The van der Waals surface area contributed by atoms with E-state index in [1.54, 1.807) is 0 Å². The molecule has 2 aliphatic carbocycles. The van der Waals surface area contributed by atoms with Crippen LogP contribution in [-0.4, -0.2) is 40.2 Å². The molecule has 0 amide bonds. The summed E-state index contributed by atoms with van der Waals surface area (Å²) in [6.45, 7) is 0. The van der Waals surface area contributed by atoms with Crippen molar-refractivity contribution in [1.29, 1.82) is 0 Å². The van der Waals surface area contributed by atoms with Gasteiger partial charge >= 0.3 is 18.6 Å². The third-order valence-electron chi connectivity index (χ3n) is 4.15. The fourth-order valence-corrected chi connectivity index (χ4v) is 2.96. The normalized spacial score (nSPS) is 22.1. The number of amidine groups is 2. The van der Waals surface area contributed by atoms with Crippen LogP contribution in [0.1, 0.15) is 11.4 Å². The number of hydrogen-bond acceptors (Lipinski definition) is 5. The number of nitrogens with zero attached hydrogens (tertiary/aromatic N) is 5. The molecule has 5 rings (SSSR count). The predicted molar refractivity (Wildman–Crippen MR) is 96.3 cm³/mol. The summed E-state index contributed by atoms with van der Waals surface area (Å²) in [7, 11) is 0. The van der Waals surface area contributed by atoms with Crippen molar-refractivity contribution in [3.63, 3.8) is 0 Å². The molecule has 1 aromatic rings. The summed E-state index contributed by atoms with van der Waals surface area (Å²) in [5.74, 6) is 1.33. The Morgan fingerprint density at radius 1 is 0.643 bits per heavy atom. The number of hydrogen-bond donors (Lipinski definition) is 0. The van der Waals surface area contributed by atoms with Crippen LogP contribution in [0.3, 0.4) is 0 Å². The van der Waals surface area contributed by atoms with Crippen LogP contribution in [-0.2, 0) is 18.6 Å². The molecule has 5 nitrogen and oxygen atoms in total. The largest absolute Gasteiger partial charge is 3.00 e. The first-order valence-electron chi connectivity index (χ1n) is 7.87. The van der Waals surface area contributed by atoms with E-state index in [1.165, 1.54) is 0 Å². The van der Waals surface area contributed by atoms with E-state index >= 15 is 0 Å². The minimum atomic E-state index is 0. The van der Waals surface area contributed by atoms with Gasteiger partial charge in [-0.05, 0) is 24.3 Å². The topological polar surface area (TPSA) is 62.3 Å². The maximum absolute atomic E-state index is 4.68. The molecule has 0 N–H and O–H groups in total. The van der Waals surface area contributed by atoms with Gasteiger partial charge in [0.2, 0.25) is 0 Å². The zero-order valence-corrected chi connectivity index (χ0v) is 18.0. The molecular weight excluding hydrogens is 456 g/mol. The van der Waals surface area contributed by atoms with Gasteiger partial charge in [-0.25, -0.2) is 15.0 Å². The second-order valence-electron chi connectivity index (χ2n) is 5.76. The van der Waals surface area contributed by atoms with Gasteiger partial charge in [0.25, 0.3) is 0 Å². The van der Waals surface area contributed by atoms with Crippen LogP contribution >= 0.6 is 0 Å². The number of aromatic nitrogens is 1. The molecule has 0 radical (unpaired) electrons. The van der Waals surface area contributed by atoms with Crippen LogP contribution in [0.5, 0.6) is 0 Å². The molecule has 4 aliphatic rings. The number of pyridine rings is 1. The fraction of sp³-hybridized carbons (Fsp3) is 0.105. The third kappa shape index (κ3) is 4.45. The predicted octanol–water partition coefficient (Wildman–Crippen LogP) is -6.52. The average molecular weight is 469 g/mol. The fourth-order valence-electron chi connectivity index (χ4n) is 2.96. The molecule has 2 atom stereocenters. The van der Waals surface area contributed by atoms with Gasteiger partial charge in [0, 0.05) is 0 Å². The van der Waals surface area contributed by atoms with Crippen molar-refractivity contribution in [1.82, 2.24) is 4.98 Å². The van der Waals surface area contributed by atoms with Gasteiger partial charge in [-0.2, -0.15) is 0 Å². The van der Waals surface area contributed by atoms with Crippen LogP contribution in [0.4, 0.5) is 0 Å². The SMILES string of the molecule is C1=CC2=NC(c3cccc(C4=NC5C=CC=CC5=N4)n3)=NC2C=C1.[Cl-].[Cl-].[Cl-].[V+3]. The Labute approximate surface area is 193 Å². The molecule has 0 fully saturated rings. The number of halogens is 3. The van der Waals surface area contributed by atoms with E-state index in [4.69, 9.17) is 0 Å². The minimum absolute atomic E-state index is 0. The second-order valence-corrected chi connectivity index (χ2v) is 5.76. The molecule has 0 spiro atoms. The quantitative estimate of drug-likeness (QED) is 0.426. The Kier molecular flexibility index (Phi) is 8.80. The van der Waals surface area contributed by atoms with E-state index in [0.717, 1.165) is 22.8 Å². The van der Waals surface area contributed by atoms with Crippen molar-refractivity contribution in [2.75, 3.05) is 0 Å². The second kappa shape index (κ2) is 10.1. The standard InChI is InChI=1S/C19H13N5.3ClH.V/c1-2-7-13-12(6-1)21-18(22-13)16-10-5-11-17(20-16)19-23-14-8-3-4-9-15(14)24-19;;;;/h1-12,14H;3*1H;/q;;;;+3/p-3. The van der Waals surface area contributed by atoms with Crippen molar-refractivity contribution in [2.45, 2.75) is 12.1 Å². The van der Waals surface area contributed by atoms with E-state index in [-0.39, 0.29) is 67.9 Å². The first-order valence-corrected chi connectivity index (χ1v) is 7.87. The summed E-state index contributed by atoms with van der Waals surface area (Å²) in [4.78, 5) is 23.1. The number of aliphatic imine (C=N–C) groups is 4. The molecule has 1 aromatic heterocycles. The van der Waals surface area contributed by atoms with Gasteiger partial charge in [-0.1, -0.05) is 42.5 Å². The zero-order chi connectivity index (χ0) is 15.9. The molecule has 0 saturated heterocycles. The molecule has 9 heteroatoms. The minimum Gasteiger partial charge on any atom is -1.00 e. The van der Waals surface area contributed by atoms with E-state index in [1.807, 2.05) is 66.8 Å². The van der Waals surface area contributed by atoms with Gasteiger partial charge < -0.3 is 37.2 Å². The van der Waals surface area contributed by atoms with Crippen molar-refractivity contribution < 1.29 is 55.8 Å².